The molecule has 0 spiro atoms. The van der Waals surface area contributed by atoms with Gasteiger partial charge in [0.15, 0.2) is 0 Å². The number of aromatic nitrogens is 2. The second-order valence-electron chi connectivity index (χ2n) is 2.69. The van der Waals surface area contributed by atoms with Crippen molar-refractivity contribution in [1.29, 1.82) is 0 Å². The zero-order chi connectivity index (χ0) is 9.10. The van der Waals surface area contributed by atoms with Gasteiger partial charge in [-0.2, -0.15) is 0 Å². The molecule has 0 saturated heterocycles. The Bertz CT molecular complexity index is 398. The van der Waals surface area contributed by atoms with E-state index in [4.69, 9.17) is 5.73 Å². The number of nitrogens with two attached hydrogens (primary N) is 1. The van der Waals surface area contributed by atoms with Crippen molar-refractivity contribution in [2.45, 2.75) is 0 Å². The molecular formula is C10H9N3. The van der Waals surface area contributed by atoms with Gasteiger partial charge in [0, 0.05) is 11.8 Å². The summed E-state index contributed by atoms with van der Waals surface area (Å²) in [6.07, 6.45) is 3.17. The van der Waals surface area contributed by atoms with Gasteiger partial charge in [0.05, 0.1) is 0 Å². The summed E-state index contributed by atoms with van der Waals surface area (Å²) in [5.74, 6) is 0.515. The Morgan fingerprint density at radius 3 is 2.54 bits per heavy atom. The van der Waals surface area contributed by atoms with Crippen molar-refractivity contribution in [1.82, 2.24) is 9.97 Å². The number of anilines is 1. The summed E-state index contributed by atoms with van der Waals surface area (Å²) in [6, 6.07) is 9.84. The summed E-state index contributed by atoms with van der Waals surface area (Å²) in [5, 5.41) is 0. The number of hydrogen-bond acceptors (Lipinski definition) is 3. The highest BCUT2D eigenvalue weighted by Crippen LogP contribution is 2.21. The molecule has 3 nitrogen and oxygen atoms in total. The molecule has 0 atom stereocenters. The standard InChI is InChI=1S/C10H9N3/c11-10-9(6-12-7-13-10)8-4-2-1-3-5-8/h1-7H,(H2,11,12,13). The van der Waals surface area contributed by atoms with Crippen LogP contribution in [-0.2, 0) is 0 Å². The molecule has 0 aliphatic heterocycles. The molecule has 1 aromatic heterocycles. The van der Waals surface area contributed by atoms with Crippen molar-refractivity contribution >= 4 is 5.82 Å². The predicted molar refractivity (Wildman–Crippen MR) is 51.9 cm³/mol. The van der Waals surface area contributed by atoms with Crippen LogP contribution in [0.25, 0.3) is 11.1 Å². The first-order valence-electron chi connectivity index (χ1n) is 3.99. The molecule has 1 heterocycles. The van der Waals surface area contributed by atoms with E-state index in [1.807, 2.05) is 30.3 Å². The lowest BCUT2D eigenvalue weighted by Crippen LogP contribution is -1.94. The topological polar surface area (TPSA) is 51.8 Å². The van der Waals surface area contributed by atoms with Crippen LogP contribution in [0.4, 0.5) is 5.82 Å². The highest BCUT2D eigenvalue weighted by molar-refractivity contribution is 5.72. The summed E-state index contributed by atoms with van der Waals surface area (Å²) in [4.78, 5) is 7.85. The van der Waals surface area contributed by atoms with Crippen LogP contribution in [-0.4, -0.2) is 9.97 Å². The van der Waals surface area contributed by atoms with Gasteiger partial charge in [0.25, 0.3) is 0 Å². The summed E-state index contributed by atoms with van der Waals surface area (Å²) in [6.45, 7) is 0. The Morgan fingerprint density at radius 2 is 1.85 bits per heavy atom. The maximum atomic E-state index is 5.70. The van der Waals surface area contributed by atoms with Gasteiger partial charge in [-0.3, -0.25) is 0 Å². The minimum Gasteiger partial charge on any atom is -0.383 e. The van der Waals surface area contributed by atoms with E-state index in [9.17, 15) is 0 Å². The first kappa shape index (κ1) is 7.73. The zero-order valence-electron chi connectivity index (χ0n) is 7.01. The quantitative estimate of drug-likeness (QED) is 0.710. The van der Waals surface area contributed by atoms with E-state index in [-0.39, 0.29) is 0 Å². The van der Waals surface area contributed by atoms with Gasteiger partial charge in [0.2, 0.25) is 0 Å². The van der Waals surface area contributed by atoms with Crippen LogP contribution in [0.5, 0.6) is 0 Å². The van der Waals surface area contributed by atoms with Crippen LogP contribution in [0.3, 0.4) is 0 Å². The van der Waals surface area contributed by atoms with Crippen molar-refractivity contribution in [2.75, 3.05) is 5.73 Å². The van der Waals surface area contributed by atoms with Gasteiger partial charge in [-0.1, -0.05) is 30.3 Å². The molecule has 0 aliphatic rings. The summed E-state index contributed by atoms with van der Waals surface area (Å²) in [7, 11) is 0. The molecular weight excluding hydrogens is 162 g/mol. The Hall–Kier alpha value is -1.90. The van der Waals surface area contributed by atoms with Gasteiger partial charge >= 0.3 is 0 Å². The van der Waals surface area contributed by atoms with Crippen molar-refractivity contribution in [3.05, 3.63) is 42.9 Å². The Labute approximate surface area is 76.3 Å². The van der Waals surface area contributed by atoms with Crippen LogP contribution in [0.15, 0.2) is 42.9 Å². The lowest BCUT2D eigenvalue weighted by Gasteiger charge is -2.02. The van der Waals surface area contributed by atoms with E-state index >= 15 is 0 Å². The highest BCUT2D eigenvalue weighted by atomic mass is 14.9. The van der Waals surface area contributed by atoms with Crippen LogP contribution in [0.1, 0.15) is 0 Å². The molecule has 1 aromatic carbocycles. The van der Waals surface area contributed by atoms with Crippen molar-refractivity contribution in [2.24, 2.45) is 0 Å². The number of hydrogen-bond donors (Lipinski definition) is 1. The Balaban J connectivity index is 2.54. The lowest BCUT2D eigenvalue weighted by atomic mass is 10.1. The molecule has 0 saturated carbocycles. The average Bonchev–Trinajstić information content (AvgIpc) is 2.20. The van der Waals surface area contributed by atoms with Crippen molar-refractivity contribution in [3.8, 4) is 11.1 Å². The second-order valence-corrected chi connectivity index (χ2v) is 2.69. The Kier molecular flexibility index (Phi) is 1.92. The molecule has 2 aromatic rings. The van der Waals surface area contributed by atoms with Gasteiger partial charge in [-0.05, 0) is 5.56 Å². The molecule has 0 bridgehead atoms. The monoisotopic (exact) mass is 171 g/mol. The third kappa shape index (κ3) is 1.49. The molecule has 2 rings (SSSR count). The molecule has 0 unspecified atom stereocenters. The first-order chi connectivity index (χ1) is 6.38. The fourth-order valence-electron chi connectivity index (χ4n) is 1.18. The van der Waals surface area contributed by atoms with E-state index < -0.39 is 0 Å². The van der Waals surface area contributed by atoms with Gasteiger partial charge in [-0.15, -0.1) is 0 Å². The summed E-state index contributed by atoms with van der Waals surface area (Å²) in [5.41, 5.74) is 7.62. The number of nitrogens with zero attached hydrogens (tertiary/aromatic N) is 2. The van der Waals surface area contributed by atoms with Crippen LogP contribution in [0, 0.1) is 0 Å². The largest absolute Gasteiger partial charge is 0.383 e. The molecule has 2 N–H and O–H groups in total. The molecule has 13 heavy (non-hydrogen) atoms. The smallest absolute Gasteiger partial charge is 0.134 e. The Morgan fingerprint density at radius 1 is 1.08 bits per heavy atom. The molecule has 3 heteroatoms. The van der Waals surface area contributed by atoms with Gasteiger partial charge < -0.3 is 5.73 Å². The van der Waals surface area contributed by atoms with Crippen LogP contribution in [0.2, 0.25) is 0 Å². The SMILES string of the molecule is Nc1ncncc1-c1ccccc1. The van der Waals surface area contributed by atoms with E-state index in [2.05, 4.69) is 9.97 Å². The van der Waals surface area contributed by atoms with Crippen LogP contribution < -0.4 is 5.73 Å². The minimum atomic E-state index is 0.515. The highest BCUT2D eigenvalue weighted by Gasteiger charge is 2.00. The number of nitrogen functional groups attached to an aromatic ring is 1. The normalized spacial score (nSPS) is 9.85. The van der Waals surface area contributed by atoms with E-state index in [0.717, 1.165) is 11.1 Å². The molecule has 0 fully saturated rings. The molecule has 0 amide bonds. The number of benzene rings is 1. The predicted octanol–water partition coefficient (Wildman–Crippen LogP) is 1.73. The third-order valence-electron chi connectivity index (χ3n) is 1.83. The third-order valence-corrected chi connectivity index (χ3v) is 1.83. The fraction of sp³-hybridized carbons (Fsp3) is 0. The molecule has 64 valence electrons. The van der Waals surface area contributed by atoms with E-state index in [1.54, 1.807) is 6.20 Å². The zero-order valence-corrected chi connectivity index (χ0v) is 7.01. The maximum Gasteiger partial charge on any atom is 0.134 e. The summed E-state index contributed by atoms with van der Waals surface area (Å²) >= 11 is 0. The van der Waals surface area contributed by atoms with Crippen molar-refractivity contribution < 1.29 is 0 Å². The molecule has 0 aliphatic carbocycles. The number of rotatable bonds is 1. The van der Waals surface area contributed by atoms with Gasteiger partial charge in [0.1, 0.15) is 12.1 Å². The van der Waals surface area contributed by atoms with Gasteiger partial charge in [-0.25, -0.2) is 9.97 Å². The van der Waals surface area contributed by atoms with Crippen LogP contribution >= 0.6 is 0 Å². The van der Waals surface area contributed by atoms with E-state index in [0.29, 0.717) is 5.82 Å². The average molecular weight is 171 g/mol. The minimum absolute atomic E-state index is 0.515. The maximum absolute atomic E-state index is 5.70. The van der Waals surface area contributed by atoms with Crippen molar-refractivity contribution in [3.63, 3.8) is 0 Å². The fourth-order valence-corrected chi connectivity index (χ4v) is 1.18. The summed E-state index contributed by atoms with van der Waals surface area (Å²) < 4.78 is 0. The lowest BCUT2D eigenvalue weighted by molar-refractivity contribution is 1.18. The molecule has 0 radical (unpaired) electrons. The first-order valence-corrected chi connectivity index (χ1v) is 3.99. The van der Waals surface area contributed by atoms with E-state index in [1.165, 1.54) is 6.33 Å². The second kappa shape index (κ2) is 3.23.